The van der Waals surface area contributed by atoms with E-state index in [1.807, 2.05) is 44.2 Å². The van der Waals surface area contributed by atoms with E-state index in [2.05, 4.69) is 26.4 Å². The number of phenols is 2. The van der Waals surface area contributed by atoms with E-state index in [-0.39, 0.29) is 55.1 Å². The Hall–Kier alpha value is -4.32. The molecular weight excluding hydrogens is 560 g/mol. The summed E-state index contributed by atoms with van der Waals surface area (Å²) in [4.78, 5) is 32.5. The average Bonchev–Trinajstić information content (AvgIpc) is 3.28. The van der Waals surface area contributed by atoms with Gasteiger partial charge in [0.15, 0.2) is 11.5 Å². The zero-order chi connectivity index (χ0) is 29.8. The lowest BCUT2D eigenvalue weighted by Crippen LogP contribution is -2.47. The minimum Gasteiger partial charge on any atom is -0.504 e. The molecule has 1 fully saturated rings. The van der Waals surface area contributed by atoms with E-state index in [0.29, 0.717) is 28.7 Å². The lowest BCUT2D eigenvalue weighted by Gasteiger charge is -2.31. The number of benzene rings is 3. The molecule has 1 saturated heterocycles. The maximum absolute atomic E-state index is 12.7. The van der Waals surface area contributed by atoms with Crippen molar-refractivity contribution in [3.8, 4) is 17.2 Å². The zero-order valence-corrected chi connectivity index (χ0v) is 24.0. The summed E-state index contributed by atoms with van der Waals surface area (Å²) in [6, 6.07) is 16.8. The van der Waals surface area contributed by atoms with Gasteiger partial charge in [0.05, 0.1) is 37.4 Å². The van der Waals surface area contributed by atoms with E-state index in [1.54, 1.807) is 12.1 Å². The summed E-state index contributed by atoms with van der Waals surface area (Å²) in [5.41, 5.74) is 10.2. The number of halogens is 1. The predicted octanol–water partition coefficient (Wildman–Crippen LogP) is 3.49. The minimum absolute atomic E-state index is 0.0601. The number of aromatic hydroxyl groups is 2. The van der Waals surface area contributed by atoms with Gasteiger partial charge in [0, 0.05) is 40.1 Å². The highest BCUT2D eigenvalue weighted by atomic mass is 35.5. The number of amides is 2. The Morgan fingerprint density at radius 1 is 1.02 bits per heavy atom. The first-order chi connectivity index (χ1) is 20.2. The Morgan fingerprint density at radius 3 is 2.55 bits per heavy atom. The molecule has 3 unspecified atom stereocenters. The molecule has 2 heterocycles. The zero-order valence-electron chi connectivity index (χ0n) is 23.2. The topological polar surface area (TPSA) is 148 Å². The Kier molecular flexibility index (Phi) is 8.81. The number of rotatable bonds is 9. The van der Waals surface area contributed by atoms with Crippen LogP contribution >= 0.6 is 11.6 Å². The highest BCUT2D eigenvalue weighted by Crippen LogP contribution is 2.36. The third-order valence-corrected chi connectivity index (χ3v) is 7.31. The number of hydrazine groups is 1. The number of hydrogen-bond donors (Lipinski definition) is 6. The molecule has 2 amide bonds. The molecule has 220 valence electrons. The molecule has 3 aromatic carbocycles. The lowest BCUT2D eigenvalue weighted by molar-refractivity contribution is -0.121. The summed E-state index contributed by atoms with van der Waals surface area (Å²) in [6.07, 6.45) is -0.107. The first kappa shape index (κ1) is 29.2. The fraction of sp³-hybridized carbons (Fsp3) is 0.300. The van der Waals surface area contributed by atoms with E-state index >= 15 is 0 Å². The van der Waals surface area contributed by atoms with E-state index in [0.717, 1.165) is 16.8 Å². The van der Waals surface area contributed by atoms with Gasteiger partial charge in [0.1, 0.15) is 11.9 Å². The van der Waals surface area contributed by atoms with Gasteiger partial charge in [-0.25, -0.2) is 10.9 Å². The molecule has 0 aliphatic carbocycles. The Balaban J connectivity index is 1.42. The van der Waals surface area contributed by atoms with E-state index < -0.39 is 6.04 Å². The molecule has 12 heteroatoms. The molecule has 2 aliphatic heterocycles. The molecule has 0 aromatic heterocycles. The summed E-state index contributed by atoms with van der Waals surface area (Å²) in [5, 5.41) is 25.3. The number of phenolic OH excluding ortho intramolecular Hbond substituents is 2. The van der Waals surface area contributed by atoms with Crippen LogP contribution < -0.4 is 31.1 Å². The molecule has 3 aromatic rings. The maximum atomic E-state index is 12.7. The van der Waals surface area contributed by atoms with Crippen LogP contribution in [-0.2, 0) is 9.59 Å². The number of aliphatic imine (C=N–C) groups is 1. The van der Waals surface area contributed by atoms with Crippen molar-refractivity contribution in [3.63, 3.8) is 0 Å². The first-order valence-corrected chi connectivity index (χ1v) is 14.1. The fourth-order valence-corrected chi connectivity index (χ4v) is 5.22. The monoisotopic (exact) mass is 592 g/mol. The summed E-state index contributed by atoms with van der Waals surface area (Å²) in [6.45, 7) is 4.56. The van der Waals surface area contributed by atoms with Crippen LogP contribution in [0.2, 0.25) is 5.02 Å². The molecular formula is C30H33ClN6O5. The number of anilines is 2. The predicted molar refractivity (Wildman–Crippen MR) is 161 cm³/mol. The summed E-state index contributed by atoms with van der Waals surface area (Å²) >= 11 is 6.19. The van der Waals surface area contributed by atoms with Crippen LogP contribution in [0.4, 0.5) is 11.4 Å². The number of carbonyl (C=O) groups is 2. The first-order valence-electron chi connectivity index (χ1n) is 13.7. The quantitative estimate of drug-likeness (QED) is 0.163. The van der Waals surface area contributed by atoms with Crippen molar-refractivity contribution in [3.05, 3.63) is 76.8 Å². The third kappa shape index (κ3) is 6.43. The second kappa shape index (κ2) is 12.7. The largest absolute Gasteiger partial charge is 0.504 e. The van der Waals surface area contributed by atoms with Crippen molar-refractivity contribution in [2.75, 3.05) is 23.4 Å². The summed E-state index contributed by atoms with van der Waals surface area (Å²) in [7, 11) is 0. The summed E-state index contributed by atoms with van der Waals surface area (Å²) in [5.74, 6) is -0.425. The standard InChI is InChI=1S/C30H33ClN6O5/c1-3-32-28(41)16-23-30-36-35-17(2)37(30)24-10-9-21(15-22(24)29(34-23)18-4-6-19(31)7-5-18)42-13-12-27(40)33-20-8-11-25(38)26(39)14-20/h4-11,14-15,17,23,30,35-36,38-39H,3,12-13,16H2,1-2H3,(H,32,41)(H,33,40). The molecule has 11 nitrogen and oxygen atoms in total. The van der Waals surface area contributed by atoms with Crippen LogP contribution in [0.1, 0.15) is 37.8 Å². The van der Waals surface area contributed by atoms with Crippen molar-refractivity contribution in [2.24, 2.45) is 4.99 Å². The molecule has 2 aliphatic rings. The van der Waals surface area contributed by atoms with Crippen LogP contribution in [-0.4, -0.2) is 59.3 Å². The Labute approximate surface area is 248 Å². The van der Waals surface area contributed by atoms with Gasteiger partial charge in [0.25, 0.3) is 0 Å². The van der Waals surface area contributed by atoms with Gasteiger partial charge in [-0.05, 0) is 56.3 Å². The van der Waals surface area contributed by atoms with Crippen LogP contribution in [0, 0.1) is 0 Å². The van der Waals surface area contributed by atoms with Gasteiger partial charge < -0.3 is 30.5 Å². The van der Waals surface area contributed by atoms with Gasteiger partial charge in [-0.2, -0.15) is 0 Å². The molecule has 0 spiro atoms. The second-order valence-electron chi connectivity index (χ2n) is 10.1. The molecule has 6 N–H and O–H groups in total. The van der Waals surface area contributed by atoms with Crippen LogP contribution in [0.5, 0.6) is 17.2 Å². The number of nitrogens with one attached hydrogen (secondary N) is 4. The molecule has 3 atom stereocenters. The lowest BCUT2D eigenvalue weighted by atomic mass is 9.99. The number of ether oxygens (including phenoxy) is 1. The maximum Gasteiger partial charge on any atom is 0.227 e. The molecule has 0 radical (unpaired) electrons. The average molecular weight is 593 g/mol. The van der Waals surface area contributed by atoms with E-state index in [4.69, 9.17) is 21.3 Å². The normalized spacial score (nSPS) is 19.3. The highest BCUT2D eigenvalue weighted by Gasteiger charge is 2.40. The van der Waals surface area contributed by atoms with Crippen LogP contribution in [0.15, 0.2) is 65.7 Å². The molecule has 5 rings (SSSR count). The van der Waals surface area contributed by atoms with E-state index in [1.165, 1.54) is 18.2 Å². The van der Waals surface area contributed by atoms with Crippen molar-refractivity contribution in [2.45, 2.75) is 45.1 Å². The molecule has 42 heavy (non-hydrogen) atoms. The molecule has 0 bridgehead atoms. The SMILES string of the molecule is CCNC(=O)CC1N=C(c2ccc(Cl)cc2)c2cc(OCCC(=O)Nc3ccc(O)c(O)c3)ccc2N2C(C)NNC12. The number of carbonyl (C=O) groups excluding carboxylic acids is 2. The smallest absolute Gasteiger partial charge is 0.227 e. The Bertz CT molecular complexity index is 1500. The van der Waals surface area contributed by atoms with Crippen LogP contribution in [0.3, 0.4) is 0 Å². The van der Waals surface area contributed by atoms with Gasteiger partial charge in [-0.1, -0.05) is 23.7 Å². The Morgan fingerprint density at radius 2 is 1.81 bits per heavy atom. The second-order valence-corrected chi connectivity index (χ2v) is 10.5. The summed E-state index contributed by atoms with van der Waals surface area (Å²) < 4.78 is 5.99. The van der Waals surface area contributed by atoms with Gasteiger partial charge in [-0.3, -0.25) is 14.6 Å². The minimum atomic E-state index is -0.403. The molecule has 0 saturated carbocycles. The van der Waals surface area contributed by atoms with Gasteiger partial charge >= 0.3 is 0 Å². The van der Waals surface area contributed by atoms with Crippen molar-refractivity contribution in [1.29, 1.82) is 0 Å². The number of fused-ring (bicyclic) bond motifs is 3. The number of nitrogens with zero attached hydrogens (tertiary/aromatic N) is 2. The van der Waals surface area contributed by atoms with Gasteiger partial charge in [-0.15, -0.1) is 0 Å². The van der Waals surface area contributed by atoms with Crippen molar-refractivity contribution in [1.82, 2.24) is 16.2 Å². The van der Waals surface area contributed by atoms with Crippen molar-refractivity contribution >= 4 is 40.5 Å². The van der Waals surface area contributed by atoms with Crippen molar-refractivity contribution < 1.29 is 24.5 Å². The van der Waals surface area contributed by atoms with E-state index in [9.17, 15) is 19.8 Å². The number of hydrogen-bond acceptors (Lipinski definition) is 9. The highest BCUT2D eigenvalue weighted by molar-refractivity contribution is 6.30. The third-order valence-electron chi connectivity index (χ3n) is 7.06. The van der Waals surface area contributed by atoms with Crippen LogP contribution in [0.25, 0.3) is 0 Å². The van der Waals surface area contributed by atoms with Gasteiger partial charge in [0.2, 0.25) is 11.8 Å². The fourth-order valence-electron chi connectivity index (χ4n) is 5.09.